The van der Waals surface area contributed by atoms with E-state index >= 15 is 0 Å². The maximum atomic E-state index is 13.2. The molecule has 0 atom stereocenters. The highest BCUT2D eigenvalue weighted by atomic mass is 79.9. The number of aryl methyl sites for hydroxylation is 1. The van der Waals surface area contributed by atoms with Crippen LogP contribution in [0.3, 0.4) is 0 Å². The molecule has 0 aliphatic heterocycles. The van der Waals surface area contributed by atoms with Crippen LogP contribution in [0.1, 0.15) is 33.8 Å². The Morgan fingerprint density at radius 1 is 1.24 bits per heavy atom. The van der Waals surface area contributed by atoms with Gasteiger partial charge in [0.05, 0.1) is 16.1 Å². The molecule has 3 rings (SSSR count). The Morgan fingerprint density at radius 3 is 2.67 bits per heavy atom. The summed E-state index contributed by atoms with van der Waals surface area (Å²) in [6.07, 6.45) is -2.66. The van der Waals surface area contributed by atoms with Crippen molar-refractivity contribution in [3.05, 3.63) is 38.8 Å². The molecule has 0 radical (unpaired) electrons. The third-order valence-electron chi connectivity index (χ3n) is 3.29. The Bertz CT molecular complexity index is 723. The number of carbonyl (C=O) groups excluding carboxylic acids is 1. The molecule has 7 heteroatoms. The third-order valence-corrected chi connectivity index (χ3v) is 4.95. The van der Waals surface area contributed by atoms with Gasteiger partial charge in [-0.1, -0.05) is 22.0 Å². The maximum Gasteiger partial charge on any atom is 0.417 e. The van der Waals surface area contributed by atoms with Crippen molar-refractivity contribution >= 4 is 33.0 Å². The molecule has 0 unspecified atom stereocenters. The Morgan fingerprint density at radius 2 is 2.00 bits per heavy atom. The van der Waals surface area contributed by atoms with Crippen LogP contribution in [0.5, 0.6) is 0 Å². The van der Waals surface area contributed by atoms with Crippen LogP contribution in [0.2, 0.25) is 0 Å². The van der Waals surface area contributed by atoms with E-state index in [-0.39, 0.29) is 16.4 Å². The molecule has 2 nitrogen and oxygen atoms in total. The van der Waals surface area contributed by atoms with Crippen molar-refractivity contribution in [2.45, 2.75) is 25.4 Å². The summed E-state index contributed by atoms with van der Waals surface area (Å²) in [7, 11) is 0. The Balaban J connectivity index is 2.15. The largest absolute Gasteiger partial charge is 0.417 e. The monoisotopic (exact) mass is 375 g/mol. The second-order valence-corrected chi connectivity index (χ2v) is 6.67. The number of rotatable bonds is 1. The molecular weight excluding hydrogens is 367 g/mol. The number of halogens is 4. The first-order chi connectivity index (χ1) is 9.86. The number of aromatic nitrogens is 1. The summed E-state index contributed by atoms with van der Waals surface area (Å²) in [6.45, 7) is 0. The van der Waals surface area contributed by atoms with E-state index < -0.39 is 11.7 Å². The van der Waals surface area contributed by atoms with Gasteiger partial charge in [-0.15, -0.1) is 11.3 Å². The van der Waals surface area contributed by atoms with Gasteiger partial charge in [-0.3, -0.25) is 4.79 Å². The number of fused-ring (bicyclic) bond motifs is 1. The Labute approximate surface area is 131 Å². The van der Waals surface area contributed by atoms with E-state index in [4.69, 9.17) is 0 Å². The Kier molecular flexibility index (Phi) is 3.65. The van der Waals surface area contributed by atoms with Gasteiger partial charge >= 0.3 is 6.18 Å². The average Bonchev–Trinajstić information content (AvgIpc) is 2.83. The van der Waals surface area contributed by atoms with Gasteiger partial charge in [0.2, 0.25) is 0 Å². The third kappa shape index (κ3) is 2.76. The molecule has 0 spiro atoms. The van der Waals surface area contributed by atoms with Crippen LogP contribution in [-0.4, -0.2) is 10.8 Å². The SMILES string of the molecule is O=C1CCCc2nc(-c3ccc(Br)cc3C(F)(F)F)sc21. The fourth-order valence-corrected chi connectivity index (χ4v) is 3.80. The molecule has 0 amide bonds. The zero-order valence-electron chi connectivity index (χ0n) is 10.6. The van der Waals surface area contributed by atoms with Gasteiger partial charge in [-0.25, -0.2) is 4.98 Å². The van der Waals surface area contributed by atoms with Crippen LogP contribution < -0.4 is 0 Å². The molecule has 2 aromatic rings. The lowest BCUT2D eigenvalue weighted by Crippen LogP contribution is -2.08. The molecular formula is C14H9BrF3NOS. The van der Waals surface area contributed by atoms with Gasteiger partial charge in [-0.05, 0) is 25.0 Å². The number of hydrogen-bond donors (Lipinski definition) is 0. The van der Waals surface area contributed by atoms with E-state index in [1.165, 1.54) is 6.07 Å². The predicted octanol–water partition coefficient (Wildman–Crippen LogP) is 5.11. The summed E-state index contributed by atoms with van der Waals surface area (Å²) in [4.78, 5) is 16.6. The van der Waals surface area contributed by atoms with E-state index in [9.17, 15) is 18.0 Å². The van der Waals surface area contributed by atoms with Gasteiger partial charge in [0.25, 0.3) is 0 Å². The highest BCUT2D eigenvalue weighted by molar-refractivity contribution is 9.10. The molecule has 0 N–H and O–H groups in total. The molecule has 1 aromatic carbocycles. The molecule has 1 heterocycles. The first-order valence-electron chi connectivity index (χ1n) is 6.26. The Hall–Kier alpha value is -1.21. The van der Waals surface area contributed by atoms with Crippen molar-refractivity contribution in [3.8, 4) is 10.6 Å². The van der Waals surface area contributed by atoms with E-state index in [0.717, 1.165) is 17.4 Å². The highest BCUT2D eigenvalue weighted by Crippen LogP contribution is 2.41. The number of alkyl halides is 3. The number of hydrogen-bond acceptors (Lipinski definition) is 3. The van der Waals surface area contributed by atoms with Crippen molar-refractivity contribution in [2.75, 3.05) is 0 Å². The minimum absolute atomic E-state index is 0.0225. The van der Waals surface area contributed by atoms with Gasteiger partial charge in [-0.2, -0.15) is 13.2 Å². The van der Waals surface area contributed by atoms with E-state index in [1.54, 1.807) is 6.07 Å². The summed E-state index contributed by atoms with van der Waals surface area (Å²) in [5.41, 5.74) is -0.0874. The minimum Gasteiger partial charge on any atom is -0.293 e. The van der Waals surface area contributed by atoms with Gasteiger partial charge in [0.1, 0.15) is 5.01 Å². The number of nitrogens with zero attached hydrogens (tertiary/aromatic N) is 1. The quantitative estimate of drug-likeness (QED) is 0.692. The molecule has 110 valence electrons. The summed E-state index contributed by atoms with van der Waals surface area (Å²) >= 11 is 4.11. The second-order valence-electron chi connectivity index (χ2n) is 4.76. The number of benzene rings is 1. The van der Waals surface area contributed by atoms with E-state index in [1.807, 2.05) is 0 Å². The lowest BCUT2D eigenvalue weighted by molar-refractivity contribution is -0.137. The topological polar surface area (TPSA) is 30.0 Å². The van der Waals surface area contributed by atoms with Crippen LogP contribution in [0, 0.1) is 0 Å². The second kappa shape index (κ2) is 5.21. The van der Waals surface area contributed by atoms with E-state index in [0.29, 0.717) is 34.3 Å². The molecule has 1 aliphatic carbocycles. The zero-order valence-corrected chi connectivity index (χ0v) is 13.0. The van der Waals surface area contributed by atoms with Gasteiger partial charge in [0.15, 0.2) is 5.78 Å². The van der Waals surface area contributed by atoms with Crippen LogP contribution in [0.15, 0.2) is 22.7 Å². The smallest absolute Gasteiger partial charge is 0.293 e. The number of thiazole rings is 1. The van der Waals surface area contributed by atoms with Gasteiger partial charge < -0.3 is 0 Å². The fraction of sp³-hybridized carbons (Fsp3) is 0.286. The fourth-order valence-electron chi connectivity index (χ4n) is 2.32. The number of Topliss-reactive ketones (excluding diaryl/α,β-unsaturated/α-hetero) is 1. The molecule has 0 saturated carbocycles. The van der Waals surface area contributed by atoms with Crippen LogP contribution in [-0.2, 0) is 12.6 Å². The van der Waals surface area contributed by atoms with E-state index in [2.05, 4.69) is 20.9 Å². The van der Waals surface area contributed by atoms with Crippen LogP contribution in [0.4, 0.5) is 13.2 Å². The highest BCUT2D eigenvalue weighted by Gasteiger charge is 2.35. The molecule has 1 aromatic heterocycles. The normalized spacial score (nSPS) is 15.1. The summed E-state index contributed by atoms with van der Waals surface area (Å²) in [5.74, 6) is -0.0225. The zero-order chi connectivity index (χ0) is 15.2. The van der Waals surface area contributed by atoms with Crippen molar-refractivity contribution in [1.82, 2.24) is 4.98 Å². The molecule has 0 fully saturated rings. The molecule has 1 aliphatic rings. The molecule has 21 heavy (non-hydrogen) atoms. The molecule has 0 saturated heterocycles. The number of carbonyl (C=O) groups is 1. The first-order valence-corrected chi connectivity index (χ1v) is 7.87. The lowest BCUT2D eigenvalue weighted by Gasteiger charge is -2.11. The average molecular weight is 376 g/mol. The first kappa shape index (κ1) is 14.7. The van der Waals surface area contributed by atoms with Crippen LogP contribution >= 0.6 is 27.3 Å². The molecule has 0 bridgehead atoms. The van der Waals surface area contributed by atoms with Crippen molar-refractivity contribution in [1.29, 1.82) is 0 Å². The summed E-state index contributed by atoms with van der Waals surface area (Å²) in [5, 5.41) is 0.259. The summed E-state index contributed by atoms with van der Waals surface area (Å²) in [6, 6.07) is 3.98. The lowest BCUT2D eigenvalue weighted by atomic mass is 10.0. The number of ketones is 1. The van der Waals surface area contributed by atoms with Crippen molar-refractivity contribution in [2.24, 2.45) is 0 Å². The standard InChI is InChI=1S/C14H9BrF3NOS/c15-7-4-5-8(9(6-7)14(16,17)18)13-19-10-2-1-3-11(20)12(10)21-13/h4-6H,1-3H2. The van der Waals surface area contributed by atoms with Gasteiger partial charge in [0, 0.05) is 16.5 Å². The van der Waals surface area contributed by atoms with Crippen molar-refractivity contribution in [3.63, 3.8) is 0 Å². The summed E-state index contributed by atoms with van der Waals surface area (Å²) < 4.78 is 39.8. The van der Waals surface area contributed by atoms with Crippen molar-refractivity contribution < 1.29 is 18.0 Å². The van der Waals surface area contributed by atoms with Crippen LogP contribution in [0.25, 0.3) is 10.6 Å². The predicted molar refractivity (Wildman–Crippen MR) is 77.5 cm³/mol. The minimum atomic E-state index is -4.46. The maximum absolute atomic E-state index is 13.2.